The number of aromatic hydroxyl groups is 1. The molecule has 2 aromatic heterocycles. The molecule has 0 fully saturated rings. The summed E-state index contributed by atoms with van der Waals surface area (Å²) in [6.45, 7) is 12.4. The molecular formula is C21H29N5O2. The van der Waals surface area contributed by atoms with Gasteiger partial charge in [0, 0.05) is 29.4 Å². The molecule has 0 saturated carbocycles. The minimum atomic E-state index is 0.0391. The number of fused-ring (bicyclic) bond motifs is 1. The van der Waals surface area contributed by atoms with Gasteiger partial charge in [-0.15, -0.1) is 0 Å². The highest BCUT2D eigenvalue weighted by atomic mass is 16.6. The number of rotatable bonds is 4. The van der Waals surface area contributed by atoms with Gasteiger partial charge < -0.3 is 9.94 Å². The van der Waals surface area contributed by atoms with Crippen molar-refractivity contribution in [2.75, 3.05) is 0 Å². The van der Waals surface area contributed by atoms with Gasteiger partial charge in [-0.25, -0.2) is 9.98 Å². The molecule has 0 atom stereocenters. The van der Waals surface area contributed by atoms with Crippen LogP contribution in [0.25, 0.3) is 5.70 Å². The van der Waals surface area contributed by atoms with Gasteiger partial charge in [-0.1, -0.05) is 27.4 Å². The second-order valence-corrected chi connectivity index (χ2v) is 8.18. The number of hydrogen-bond donors (Lipinski definition) is 2. The molecule has 0 radical (unpaired) electrons. The van der Waals surface area contributed by atoms with E-state index in [2.05, 4.69) is 35.5 Å². The average molecular weight is 383 g/mol. The van der Waals surface area contributed by atoms with Gasteiger partial charge in [-0.3, -0.25) is 4.68 Å². The van der Waals surface area contributed by atoms with E-state index in [1.54, 1.807) is 0 Å². The third-order valence-electron chi connectivity index (χ3n) is 5.48. The van der Waals surface area contributed by atoms with E-state index in [4.69, 9.17) is 10.7 Å². The number of aliphatic imine (C=N–C) groups is 1. The molecule has 7 heteroatoms. The Bertz CT molecular complexity index is 956. The Labute approximate surface area is 165 Å². The van der Waals surface area contributed by atoms with Crippen molar-refractivity contribution in [2.45, 2.75) is 53.4 Å². The molecule has 0 spiro atoms. The number of aromatic nitrogens is 3. The number of nitrogens with zero attached hydrogens (tertiary/aromatic N) is 4. The molecule has 1 aliphatic carbocycles. The van der Waals surface area contributed by atoms with Gasteiger partial charge in [0.15, 0.2) is 5.69 Å². The smallest absolute Gasteiger partial charge is 0.266 e. The quantitative estimate of drug-likeness (QED) is 0.480. The van der Waals surface area contributed by atoms with Crippen molar-refractivity contribution in [1.29, 1.82) is 0 Å². The Morgan fingerprint density at radius 1 is 1.46 bits per heavy atom. The van der Waals surface area contributed by atoms with Crippen LogP contribution >= 0.6 is 0 Å². The number of nitrogens with two attached hydrogens (primary N) is 1. The monoisotopic (exact) mass is 383 g/mol. The van der Waals surface area contributed by atoms with Crippen molar-refractivity contribution in [3.05, 3.63) is 46.4 Å². The van der Waals surface area contributed by atoms with Gasteiger partial charge in [0.25, 0.3) is 5.90 Å². The summed E-state index contributed by atoms with van der Waals surface area (Å²) < 4.78 is 1.89. The maximum atomic E-state index is 9.95. The Hall–Kier alpha value is -2.67. The van der Waals surface area contributed by atoms with E-state index >= 15 is 0 Å². The van der Waals surface area contributed by atoms with Gasteiger partial charge in [0.2, 0.25) is 5.88 Å². The van der Waals surface area contributed by atoms with Crippen LogP contribution in [0.5, 0.6) is 5.88 Å². The van der Waals surface area contributed by atoms with Crippen LogP contribution in [-0.4, -0.2) is 25.8 Å². The standard InChI is InChI=1S/C21H29N5O2/c1-7-14-10-16(12(2)23-19(14)27)13(3)24-20(28-22)18-15-8-9-21(4,5)11-17(15)26(6)25-18/h10H,3,7-9,11,22H2,1-2,4-6H3,(H,23,27)/b24-20-. The maximum absolute atomic E-state index is 9.95. The molecule has 2 heterocycles. The molecule has 3 rings (SSSR count). The van der Waals surface area contributed by atoms with Gasteiger partial charge in [-0.2, -0.15) is 11.0 Å². The minimum Gasteiger partial charge on any atom is -0.493 e. The van der Waals surface area contributed by atoms with Crippen LogP contribution in [0.4, 0.5) is 0 Å². The van der Waals surface area contributed by atoms with Gasteiger partial charge in [0.05, 0.1) is 11.4 Å². The van der Waals surface area contributed by atoms with E-state index in [0.29, 0.717) is 23.5 Å². The van der Waals surface area contributed by atoms with Gasteiger partial charge in [0.1, 0.15) is 0 Å². The van der Waals surface area contributed by atoms with Crippen LogP contribution in [0.1, 0.15) is 61.0 Å². The lowest BCUT2D eigenvalue weighted by Crippen LogP contribution is -2.24. The Balaban J connectivity index is 2.01. The van der Waals surface area contributed by atoms with Crippen molar-refractivity contribution in [2.24, 2.45) is 23.4 Å². The first kappa shape index (κ1) is 20.1. The lowest BCUT2D eigenvalue weighted by Gasteiger charge is -2.29. The van der Waals surface area contributed by atoms with Crippen molar-refractivity contribution in [3.63, 3.8) is 0 Å². The van der Waals surface area contributed by atoms with Gasteiger partial charge in [-0.05, 0) is 44.1 Å². The highest BCUT2D eigenvalue weighted by Gasteiger charge is 2.32. The fraction of sp³-hybridized carbons (Fsp3) is 0.476. The maximum Gasteiger partial charge on any atom is 0.266 e. The second-order valence-electron chi connectivity index (χ2n) is 8.18. The molecule has 0 aromatic carbocycles. The summed E-state index contributed by atoms with van der Waals surface area (Å²) in [5.41, 5.74) is 5.83. The summed E-state index contributed by atoms with van der Waals surface area (Å²) in [7, 11) is 1.94. The highest BCUT2D eigenvalue weighted by molar-refractivity contribution is 5.97. The molecule has 0 aliphatic heterocycles. The predicted molar refractivity (Wildman–Crippen MR) is 110 cm³/mol. The van der Waals surface area contributed by atoms with Gasteiger partial charge >= 0.3 is 0 Å². The van der Waals surface area contributed by atoms with E-state index in [0.717, 1.165) is 36.0 Å². The molecule has 0 saturated heterocycles. The van der Waals surface area contributed by atoms with E-state index in [9.17, 15) is 5.11 Å². The lowest BCUT2D eigenvalue weighted by molar-refractivity contribution is 0.305. The summed E-state index contributed by atoms with van der Waals surface area (Å²) in [4.78, 5) is 13.9. The zero-order valence-corrected chi connectivity index (χ0v) is 17.3. The highest BCUT2D eigenvalue weighted by Crippen LogP contribution is 2.36. The number of hydrogen-bond acceptors (Lipinski definition) is 6. The third-order valence-corrected chi connectivity index (χ3v) is 5.48. The molecule has 1 aliphatic rings. The molecule has 150 valence electrons. The Morgan fingerprint density at radius 3 is 2.82 bits per heavy atom. The Morgan fingerprint density at radius 2 is 2.18 bits per heavy atom. The first-order valence-electron chi connectivity index (χ1n) is 9.56. The van der Waals surface area contributed by atoms with Crippen LogP contribution in [0.15, 0.2) is 17.6 Å². The largest absolute Gasteiger partial charge is 0.493 e. The van der Waals surface area contributed by atoms with E-state index in [1.165, 1.54) is 5.69 Å². The molecule has 28 heavy (non-hydrogen) atoms. The molecule has 7 nitrogen and oxygen atoms in total. The van der Waals surface area contributed by atoms with Crippen LogP contribution in [0, 0.1) is 12.3 Å². The third kappa shape index (κ3) is 3.67. The zero-order valence-electron chi connectivity index (χ0n) is 17.3. The van der Waals surface area contributed by atoms with Crippen molar-refractivity contribution >= 4 is 11.6 Å². The fourth-order valence-corrected chi connectivity index (χ4v) is 3.77. The summed E-state index contributed by atoms with van der Waals surface area (Å²) in [5.74, 6) is 5.85. The predicted octanol–water partition coefficient (Wildman–Crippen LogP) is 3.21. The molecule has 3 N–H and O–H groups in total. The van der Waals surface area contributed by atoms with Crippen LogP contribution < -0.4 is 5.90 Å². The van der Waals surface area contributed by atoms with E-state index in [-0.39, 0.29) is 17.2 Å². The first-order chi connectivity index (χ1) is 13.2. The number of aryl methyl sites for hydroxylation is 3. The SMILES string of the molecule is C=C(/N=C(\ON)c1nn(C)c2c1CCC(C)(C)C2)c1cc(CC)c(O)nc1C. The molecule has 2 aromatic rings. The summed E-state index contributed by atoms with van der Waals surface area (Å²) in [6.07, 6.45) is 3.58. The molecule has 0 amide bonds. The molecular weight excluding hydrogens is 354 g/mol. The van der Waals surface area contributed by atoms with Crippen LogP contribution in [0.2, 0.25) is 0 Å². The topological polar surface area (TPSA) is 98.6 Å². The van der Waals surface area contributed by atoms with E-state index < -0.39 is 0 Å². The van der Waals surface area contributed by atoms with Crippen molar-refractivity contribution in [3.8, 4) is 5.88 Å². The van der Waals surface area contributed by atoms with Crippen LogP contribution in [0.3, 0.4) is 0 Å². The molecule has 0 unspecified atom stereocenters. The van der Waals surface area contributed by atoms with Crippen LogP contribution in [-0.2, 0) is 31.1 Å². The second kappa shape index (κ2) is 7.39. The minimum absolute atomic E-state index is 0.0391. The summed E-state index contributed by atoms with van der Waals surface area (Å²) in [5, 5.41) is 14.6. The summed E-state index contributed by atoms with van der Waals surface area (Å²) in [6, 6.07) is 1.86. The van der Waals surface area contributed by atoms with E-state index in [1.807, 2.05) is 31.6 Å². The van der Waals surface area contributed by atoms with Crippen molar-refractivity contribution < 1.29 is 9.94 Å². The molecule has 0 bridgehead atoms. The fourth-order valence-electron chi connectivity index (χ4n) is 3.77. The number of pyridine rings is 1. The Kier molecular flexibility index (Phi) is 5.30. The average Bonchev–Trinajstić information content (AvgIpc) is 2.94. The summed E-state index contributed by atoms with van der Waals surface area (Å²) >= 11 is 0. The zero-order chi connectivity index (χ0) is 20.6. The normalized spacial score (nSPS) is 16.0. The first-order valence-corrected chi connectivity index (χ1v) is 9.56. The van der Waals surface area contributed by atoms with Crippen molar-refractivity contribution in [1.82, 2.24) is 14.8 Å². The lowest BCUT2D eigenvalue weighted by atomic mass is 9.76.